The van der Waals surface area contributed by atoms with Crippen LogP contribution in [-0.4, -0.2) is 24.7 Å². The van der Waals surface area contributed by atoms with Crippen molar-refractivity contribution in [3.63, 3.8) is 0 Å². The van der Waals surface area contributed by atoms with Gasteiger partial charge in [-0.25, -0.2) is 14.6 Å². The minimum atomic E-state index is -0.00472. The molecule has 7 nitrogen and oxygen atoms in total. The number of nitrogens with zero attached hydrogens (tertiary/aromatic N) is 5. The highest BCUT2D eigenvalue weighted by Crippen LogP contribution is 2.27. The molecule has 0 saturated heterocycles. The maximum absolute atomic E-state index is 5.54. The van der Waals surface area contributed by atoms with E-state index in [4.69, 9.17) is 4.42 Å². The summed E-state index contributed by atoms with van der Waals surface area (Å²) < 4.78 is 7.40. The van der Waals surface area contributed by atoms with E-state index in [-0.39, 0.29) is 6.04 Å². The summed E-state index contributed by atoms with van der Waals surface area (Å²) in [6.07, 6.45) is 3.70. The molecule has 126 valence electrons. The Morgan fingerprint density at radius 3 is 2.72 bits per heavy atom. The third kappa shape index (κ3) is 2.84. The molecule has 0 saturated carbocycles. The van der Waals surface area contributed by atoms with Crippen molar-refractivity contribution in [3.05, 3.63) is 60.0 Å². The maximum Gasteiger partial charge on any atom is 0.252 e. The zero-order valence-corrected chi connectivity index (χ0v) is 14.3. The number of nitrogens with one attached hydrogen (secondary N) is 1. The molecule has 3 heterocycles. The fourth-order valence-electron chi connectivity index (χ4n) is 2.89. The fourth-order valence-corrected chi connectivity index (χ4v) is 2.89. The van der Waals surface area contributed by atoms with Gasteiger partial charge < -0.3 is 9.73 Å². The van der Waals surface area contributed by atoms with E-state index < -0.39 is 0 Å². The van der Waals surface area contributed by atoms with Crippen molar-refractivity contribution in [1.29, 1.82) is 0 Å². The first-order valence-corrected chi connectivity index (χ1v) is 8.09. The molecule has 4 rings (SSSR count). The molecule has 0 aliphatic carbocycles. The molecule has 7 heteroatoms. The highest BCUT2D eigenvalue weighted by atomic mass is 16.4. The Balaban J connectivity index is 1.73. The van der Waals surface area contributed by atoms with Gasteiger partial charge in [-0.2, -0.15) is 10.1 Å². The Morgan fingerprint density at radius 1 is 1.08 bits per heavy atom. The summed E-state index contributed by atoms with van der Waals surface area (Å²) in [7, 11) is 0. The number of hydrogen-bond acceptors (Lipinski definition) is 6. The summed E-state index contributed by atoms with van der Waals surface area (Å²) >= 11 is 0. The second-order valence-electron chi connectivity index (χ2n) is 5.88. The molecule has 3 aromatic heterocycles. The summed E-state index contributed by atoms with van der Waals surface area (Å²) in [6.45, 7) is 5.72. The standard InChI is InChI=1S/C18H18N6O/c1-11(14-7-4-5-8-15(14)24-10-6-9-19-24)20-17-16-18(22-12(2)21-17)25-13(3)23-16/h4-11H,1-3H3,(H,20,21,22). The van der Waals surface area contributed by atoms with E-state index in [1.165, 1.54) is 0 Å². The van der Waals surface area contributed by atoms with Crippen LogP contribution in [-0.2, 0) is 0 Å². The molecule has 0 aliphatic rings. The van der Waals surface area contributed by atoms with Gasteiger partial charge in [-0.05, 0) is 31.5 Å². The molecular formula is C18H18N6O. The van der Waals surface area contributed by atoms with Crippen LogP contribution >= 0.6 is 0 Å². The fraction of sp³-hybridized carbons (Fsp3) is 0.222. The number of oxazole rings is 1. The van der Waals surface area contributed by atoms with E-state index in [1.807, 2.05) is 42.1 Å². The van der Waals surface area contributed by atoms with E-state index >= 15 is 0 Å². The van der Waals surface area contributed by atoms with Crippen molar-refractivity contribution >= 4 is 17.0 Å². The predicted molar refractivity (Wildman–Crippen MR) is 94.7 cm³/mol. The van der Waals surface area contributed by atoms with Gasteiger partial charge in [0.2, 0.25) is 0 Å². The number of aryl methyl sites for hydroxylation is 2. The largest absolute Gasteiger partial charge is 0.422 e. The van der Waals surface area contributed by atoms with Crippen LogP contribution < -0.4 is 5.32 Å². The minimum absolute atomic E-state index is 0.00472. The van der Waals surface area contributed by atoms with E-state index in [9.17, 15) is 0 Å². The quantitative estimate of drug-likeness (QED) is 0.614. The molecule has 0 amide bonds. The first-order valence-electron chi connectivity index (χ1n) is 8.09. The van der Waals surface area contributed by atoms with Crippen LogP contribution in [0, 0.1) is 13.8 Å². The van der Waals surface area contributed by atoms with Gasteiger partial charge in [0.25, 0.3) is 5.71 Å². The van der Waals surface area contributed by atoms with Gasteiger partial charge >= 0.3 is 0 Å². The summed E-state index contributed by atoms with van der Waals surface area (Å²) in [5.41, 5.74) is 3.27. The van der Waals surface area contributed by atoms with Crippen LogP contribution in [0.25, 0.3) is 16.9 Å². The Labute approximate surface area is 144 Å². The molecule has 0 bridgehead atoms. The summed E-state index contributed by atoms with van der Waals surface area (Å²) in [4.78, 5) is 13.2. The number of benzene rings is 1. The first kappa shape index (κ1) is 15.3. The lowest BCUT2D eigenvalue weighted by Crippen LogP contribution is -2.12. The van der Waals surface area contributed by atoms with Crippen molar-refractivity contribution < 1.29 is 4.42 Å². The van der Waals surface area contributed by atoms with Crippen molar-refractivity contribution in [2.24, 2.45) is 0 Å². The predicted octanol–water partition coefficient (Wildman–Crippen LogP) is 3.59. The van der Waals surface area contributed by atoms with Crippen LogP contribution in [0.4, 0.5) is 5.82 Å². The molecule has 1 atom stereocenters. The van der Waals surface area contributed by atoms with Gasteiger partial charge in [-0.3, -0.25) is 0 Å². The lowest BCUT2D eigenvalue weighted by atomic mass is 10.1. The molecule has 1 unspecified atom stereocenters. The molecule has 1 N–H and O–H groups in total. The SMILES string of the molecule is Cc1nc(NC(C)c2ccccc2-n2cccn2)c2nc(C)oc2n1. The number of anilines is 1. The molecule has 0 fully saturated rings. The normalized spacial score (nSPS) is 12.4. The Morgan fingerprint density at radius 2 is 1.92 bits per heavy atom. The van der Waals surface area contributed by atoms with Crippen molar-refractivity contribution in [3.8, 4) is 5.69 Å². The second-order valence-corrected chi connectivity index (χ2v) is 5.88. The van der Waals surface area contributed by atoms with Gasteiger partial charge in [0.05, 0.1) is 11.7 Å². The van der Waals surface area contributed by atoms with Crippen molar-refractivity contribution in [2.75, 3.05) is 5.32 Å². The molecule has 4 aromatic rings. The lowest BCUT2D eigenvalue weighted by Gasteiger charge is -2.18. The first-order chi connectivity index (χ1) is 12.1. The molecule has 25 heavy (non-hydrogen) atoms. The third-order valence-corrected chi connectivity index (χ3v) is 3.99. The minimum Gasteiger partial charge on any atom is -0.422 e. The second kappa shape index (κ2) is 6.01. The van der Waals surface area contributed by atoms with Gasteiger partial charge in [-0.15, -0.1) is 0 Å². The van der Waals surface area contributed by atoms with Crippen LogP contribution in [0.3, 0.4) is 0 Å². The van der Waals surface area contributed by atoms with Gasteiger partial charge in [0.15, 0.2) is 17.2 Å². The zero-order chi connectivity index (χ0) is 17.4. The molecule has 0 aliphatic heterocycles. The highest BCUT2D eigenvalue weighted by Gasteiger charge is 2.17. The average molecular weight is 334 g/mol. The average Bonchev–Trinajstić information content (AvgIpc) is 3.23. The monoisotopic (exact) mass is 334 g/mol. The molecule has 0 radical (unpaired) electrons. The third-order valence-electron chi connectivity index (χ3n) is 3.99. The number of rotatable bonds is 4. The molecular weight excluding hydrogens is 316 g/mol. The number of fused-ring (bicyclic) bond motifs is 1. The summed E-state index contributed by atoms with van der Waals surface area (Å²) in [6, 6.07) is 10.0. The number of aromatic nitrogens is 5. The smallest absolute Gasteiger partial charge is 0.252 e. The van der Waals surface area contributed by atoms with E-state index in [1.54, 1.807) is 13.1 Å². The van der Waals surface area contributed by atoms with E-state index in [2.05, 4.69) is 38.4 Å². The number of para-hydroxylation sites is 1. The van der Waals surface area contributed by atoms with Crippen molar-refractivity contribution in [1.82, 2.24) is 24.7 Å². The molecule has 0 spiro atoms. The Kier molecular flexibility index (Phi) is 3.68. The van der Waals surface area contributed by atoms with Gasteiger partial charge in [0.1, 0.15) is 5.82 Å². The zero-order valence-electron chi connectivity index (χ0n) is 14.3. The summed E-state index contributed by atoms with van der Waals surface area (Å²) in [5.74, 6) is 1.88. The van der Waals surface area contributed by atoms with E-state index in [0.717, 1.165) is 11.3 Å². The van der Waals surface area contributed by atoms with Gasteiger partial charge in [0, 0.05) is 19.3 Å². The Hall–Kier alpha value is -3.22. The lowest BCUT2D eigenvalue weighted by molar-refractivity contribution is 0.550. The Bertz CT molecular complexity index is 1020. The maximum atomic E-state index is 5.54. The van der Waals surface area contributed by atoms with Gasteiger partial charge in [-0.1, -0.05) is 18.2 Å². The van der Waals surface area contributed by atoms with E-state index in [0.29, 0.717) is 28.8 Å². The molecule has 1 aromatic carbocycles. The van der Waals surface area contributed by atoms with Crippen LogP contribution in [0.1, 0.15) is 30.2 Å². The van der Waals surface area contributed by atoms with Crippen LogP contribution in [0.15, 0.2) is 47.1 Å². The topological polar surface area (TPSA) is 81.7 Å². The highest BCUT2D eigenvalue weighted by molar-refractivity contribution is 5.81. The van der Waals surface area contributed by atoms with Crippen LogP contribution in [0.5, 0.6) is 0 Å². The van der Waals surface area contributed by atoms with Crippen LogP contribution in [0.2, 0.25) is 0 Å². The summed E-state index contributed by atoms with van der Waals surface area (Å²) in [5, 5.41) is 7.78. The van der Waals surface area contributed by atoms with Crippen molar-refractivity contribution in [2.45, 2.75) is 26.8 Å². The number of hydrogen-bond donors (Lipinski definition) is 1.